The van der Waals surface area contributed by atoms with Crippen LogP contribution >= 0.6 is 0 Å². The van der Waals surface area contributed by atoms with Crippen LogP contribution in [0.1, 0.15) is 36.8 Å². The van der Waals surface area contributed by atoms with Crippen molar-refractivity contribution in [3.05, 3.63) is 65.7 Å². The van der Waals surface area contributed by atoms with Crippen LogP contribution in [0.25, 0.3) is 0 Å². The molecule has 1 N–H and O–H groups in total. The third-order valence-electron chi connectivity index (χ3n) is 5.13. The van der Waals surface area contributed by atoms with Gasteiger partial charge in [0.15, 0.2) is 0 Å². The lowest BCUT2D eigenvalue weighted by atomic mass is 10.1. The highest BCUT2D eigenvalue weighted by molar-refractivity contribution is 7.89. The van der Waals surface area contributed by atoms with Crippen LogP contribution in [0.4, 0.5) is 0 Å². The van der Waals surface area contributed by atoms with Crippen molar-refractivity contribution in [2.45, 2.75) is 50.0 Å². The number of hydrogen-bond acceptors (Lipinski definition) is 3. The average molecular weight is 401 g/mol. The summed E-state index contributed by atoms with van der Waals surface area (Å²) < 4.78 is 28.5. The highest BCUT2D eigenvalue weighted by atomic mass is 32.2. The number of nitrogens with one attached hydrogen (secondary N) is 1. The molecule has 2 aromatic carbocycles. The minimum absolute atomic E-state index is 0.138. The molecule has 1 heterocycles. The van der Waals surface area contributed by atoms with Gasteiger partial charge in [-0.3, -0.25) is 4.79 Å². The fourth-order valence-corrected chi connectivity index (χ4v) is 4.70. The van der Waals surface area contributed by atoms with E-state index in [0.29, 0.717) is 19.5 Å². The van der Waals surface area contributed by atoms with Crippen LogP contribution in [-0.4, -0.2) is 38.4 Å². The molecule has 6 heteroatoms. The summed E-state index contributed by atoms with van der Waals surface area (Å²) in [5.74, 6) is -0.138. The number of carbonyl (C=O) groups excluding carboxylic acids is 1. The molecule has 1 amide bonds. The molecule has 0 saturated carbocycles. The van der Waals surface area contributed by atoms with Gasteiger partial charge in [-0.1, -0.05) is 60.9 Å². The third kappa shape index (κ3) is 5.42. The maximum absolute atomic E-state index is 13.2. The van der Waals surface area contributed by atoms with Crippen LogP contribution < -0.4 is 4.72 Å². The number of carbonyl (C=O) groups is 1. The van der Waals surface area contributed by atoms with E-state index in [1.54, 1.807) is 24.3 Å². The predicted molar refractivity (Wildman–Crippen MR) is 110 cm³/mol. The minimum Gasteiger partial charge on any atom is -0.341 e. The quantitative estimate of drug-likeness (QED) is 0.809. The second-order valence-corrected chi connectivity index (χ2v) is 9.13. The summed E-state index contributed by atoms with van der Waals surface area (Å²) in [7, 11) is -3.79. The standard InChI is InChI=1S/C22H28N2O3S/c1-18-11-13-20(14-12-18)28(26,27)23-21(17-19-9-5-4-6-10-19)22(25)24-15-7-2-3-8-16-24/h4-6,9-14,21,23H,2-3,7-8,15-17H2,1H3/t21-/m0/s1. The van der Waals surface area contributed by atoms with Crippen LogP contribution in [0.2, 0.25) is 0 Å². The van der Waals surface area contributed by atoms with E-state index in [2.05, 4.69) is 4.72 Å². The first-order valence-electron chi connectivity index (χ1n) is 9.87. The maximum atomic E-state index is 13.2. The number of amides is 1. The van der Waals surface area contributed by atoms with Gasteiger partial charge in [-0.2, -0.15) is 4.72 Å². The second kappa shape index (κ2) is 9.34. The number of benzene rings is 2. The fourth-order valence-electron chi connectivity index (χ4n) is 3.51. The maximum Gasteiger partial charge on any atom is 0.241 e. The first-order valence-corrected chi connectivity index (χ1v) is 11.4. The van der Waals surface area contributed by atoms with Crippen LogP contribution in [-0.2, 0) is 21.2 Å². The van der Waals surface area contributed by atoms with Crippen molar-refractivity contribution < 1.29 is 13.2 Å². The highest BCUT2D eigenvalue weighted by Crippen LogP contribution is 2.16. The normalized spacial score (nSPS) is 16.4. The fraction of sp³-hybridized carbons (Fsp3) is 0.409. The molecule has 3 rings (SSSR count). The smallest absolute Gasteiger partial charge is 0.241 e. The molecule has 1 saturated heterocycles. The molecule has 1 fully saturated rings. The van der Waals surface area contributed by atoms with E-state index in [1.165, 1.54) is 0 Å². The van der Waals surface area contributed by atoms with Crippen molar-refractivity contribution in [3.63, 3.8) is 0 Å². The zero-order valence-electron chi connectivity index (χ0n) is 16.3. The SMILES string of the molecule is Cc1ccc(S(=O)(=O)N[C@@H](Cc2ccccc2)C(=O)N2CCCCCC2)cc1. The zero-order chi connectivity index (χ0) is 20.0. The highest BCUT2D eigenvalue weighted by Gasteiger charge is 2.29. The monoisotopic (exact) mass is 400 g/mol. The summed E-state index contributed by atoms with van der Waals surface area (Å²) in [5, 5.41) is 0. The van der Waals surface area contributed by atoms with Gasteiger partial charge in [-0.15, -0.1) is 0 Å². The van der Waals surface area contributed by atoms with E-state index in [1.807, 2.05) is 42.2 Å². The molecule has 0 unspecified atom stereocenters. The molecule has 1 atom stereocenters. The Bertz CT molecular complexity index is 872. The number of rotatable bonds is 6. The lowest BCUT2D eigenvalue weighted by Crippen LogP contribution is -2.49. The molecule has 1 aliphatic heterocycles. The Morgan fingerprint density at radius 2 is 1.57 bits per heavy atom. The lowest BCUT2D eigenvalue weighted by molar-refractivity contribution is -0.132. The number of nitrogens with zero attached hydrogens (tertiary/aromatic N) is 1. The van der Waals surface area contributed by atoms with Gasteiger partial charge in [0.1, 0.15) is 6.04 Å². The zero-order valence-corrected chi connectivity index (χ0v) is 17.1. The summed E-state index contributed by atoms with van der Waals surface area (Å²) in [4.78, 5) is 15.2. The molecule has 0 bridgehead atoms. The summed E-state index contributed by atoms with van der Waals surface area (Å²) in [6, 6.07) is 15.4. The van der Waals surface area contributed by atoms with Crippen LogP contribution in [0, 0.1) is 6.92 Å². The van der Waals surface area contributed by atoms with E-state index in [4.69, 9.17) is 0 Å². The summed E-state index contributed by atoms with van der Waals surface area (Å²) in [6.45, 7) is 3.29. The van der Waals surface area contributed by atoms with Crippen molar-refractivity contribution >= 4 is 15.9 Å². The Morgan fingerprint density at radius 1 is 0.964 bits per heavy atom. The van der Waals surface area contributed by atoms with Gasteiger partial charge in [0.05, 0.1) is 4.90 Å². The Hall–Kier alpha value is -2.18. The van der Waals surface area contributed by atoms with Gasteiger partial charge < -0.3 is 4.90 Å². The molecule has 150 valence electrons. The van der Waals surface area contributed by atoms with E-state index in [-0.39, 0.29) is 10.8 Å². The molecule has 0 spiro atoms. The molecular weight excluding hydrogens is 372 g/mol. The molecule has 0 aromatic heterocycles. The minimum atomic E-state index is -3.79. The summed E-state index contributed by atoms with van der Waals surface area (Å²) >= 11 is 0. The van der Waals surface area contributed by atoms with Crippen molar-refractivity contribution in [2.24, 2.45) is 0 Å². The summed E-state index contributed by atoms with van der Waals surface area (Å²) in [6.07, 6.45) is 4.49. The van der Waals surface area contributed by atoms with Crippen LogP contribution in [0.5, 0.6) is 0 Å². The van der Waals surface area contributed by atoms with E-state index < -0.39 is 16.1 Å². The van der Waals surface area contributed by atoms with Crippen LogP contribution in [0.3, 0.4) is 0 Å². The van der Waals surface area contributed by atoms with E-state index in [0.717, 1.165) is 36.8 Å². The van der Waals surface area contributed by atoms with E-state index in [9.17, 15) is 13.2 Å². The molecule has 5 nitrogen and oxygen atoms in total. The topological polar surface area (TPSA) is 66.5 Å². The largest absolute Gasteiger partial charge is 0.341 e. The third-order valence-corrected chi connectivity index (χ3v) is 6.61. The van der Waals surface area contributed by atoms with Crippen LogP contribution in [0.15, 0.2) is 59.5 Å². The van der Waals surface area contributed by atoms with Gasteiger partial charge in [0, 0.05) is 13.1 Å². The Kier molecular flexibility index (Phi) is 6.86. The molecule has 1 aliphatic rings. The predicted octanol–water partition coefficient (Wildman–Crippen LogP) is 3.29. The number of sulfonamides is 1. The Labute approximate surface area is 167 Å². The molecule has 2 aromatic rings. The van der Waals surface area contributed by atoms with Gasteiger partial charge in [0.25, 0.3) is 0 Å². The van der Waals surface area contributed by atoms with Gasteiger partial charge in [0.2, 0.25) is 15.9 Å². The Balaban J connectivity index is 1.84. The number of likely N-dealkylation sites (tertiary alicyclic amines) is 1. The number of hydrogen-bond donors (Lipinski definition) is 1. The van der Waals surface area contributed by atoms with Gasteiger partial charge >= 0.3 is 0 Å². The summed E-state index contributed by atoms with van der Waals surface area (Å²) in [5.41, 5.74) is 1.92. The molecule has 0 radical (unpaired) electrons. The van der Waals surface area contributed by atoms with Crippen molar-refractivity contribution in [2.75, 3.05) is 13.1 Å². The van der Waals surface area contributed by atoms with Crippen molar-refractivity contribution in [1.29, 1.82) is 0 Å². The first-order chi connectivity index (χ1) is 13.5. The van der Waals surface area contributed by atoms with Crippen molar-refractivity contribution in [3.8, 4) is 0 Å². The first kappa shape index (κ1) is 20.6. The van der Waals surface area contributed by atoms with Gasteiger partial charge in [-0.25, -0.2) is 8.42 Å². The average Bonchev–Trinajstić information content (AvgIpc) is 2.97. The molecule has 28 heavy (non-hydrogen) atoms. The second-order valence-electron chi connectivity index (χ2n) is 7.42. The Morgan fingerprint density at radius 3 is 2.18 bits per heavy atom. The van der Waals surface area contributed by atoms with E-state index >= 15 is 0 Å². The van der Waals surface area contributed by atoms with Gasteiger partial charge in [-0.05, 0) is 43.9 Å². The molecule has 0 aliphatic carbocycles. The lowest BCUT2D eigenvalue weighted by Gasteiger charge is -2.27. The van der Waals surface area contributed by atoms with Crippen molar-refractivity contribution in [1.82, 2.24) is 9.62 Å². The molecular formula is C22H28N2O3S. The number of aryl methyl sites for hydroxylation is 1.